The van der Waals surface area contributed by atoms with Gasteiger partial charge in [-0.2, -0.15) is 0 Å². The number of nitrogens with one attached hydrogen (secondary N) is 1. The van der Waals surface area contributed by atoms with E-state index in [0.717, 1.165) is 11.5 Å². The third kappa shape index (κ3) is 2.50. The van der Waals surface area contributed by atoms with Crippen molar-refractivity contribution in [3.63, 3.8) is 0 Å². The van der Waals surface area contributed by atoms with Crippen molar-refractivity contribution in [2.45, 2.75) is 13.5 Å². The molecule has 16 heavy (non-hydrogen) atoms. The van der Waals surface area contributed by atoms with Gasteiger partial charge in [-0.05, 0) is 19.1 Å². The highest BCUT2D eigenvalue weighted by Crippen LogP contribution is 2.21. The van der Waals surface area contributed by atoms with Gasteiger partial charge < -0.3 is 14.6 Å². The summed E-state index contributed by atoms with van der Waals surface area (Å²) in [6, 6.07) is 5.51. The molecule has 1 N–H and O–H groups in total. The van der Waals surface area contributed by atoms with E-state index in [1.54, 1.807) is 18.5 Å². The number of nitrogens with zero attached hydrogens (tertiary/aromatic N) is 2. The van der Waals surface area contributed by atoms with Crippen LogP contribution in [0.2, 0.25) is 0 Å². The van der Waals surface area contributed by atoms with E-state index in [1.807, 2.05) is 19.1 Å². The standard InChI is InChI=1S/C11H13N3O2/c1-2-15-10-4-3-6-12-11(10)13-8-9-5-7-14-16-9/h3-7H,2,8H2,1H3,(H,12,13). The summed E-state index contributed by atoms with van der Waals surface area (Å²) < 4.78 is 10.4. The molecule has 0 radical (unpaired) electrons. The molecule has 0 unspecified atom stereocenters. The molecular weight excluding hydrogens is 206 g/mol. The fraction of sp³-hybridized carbons (Fsp3) is 0.273. The van der Waals surface area contributed by atoms with E-state index in [1.165, 1.54) is 0 Å². The first-order valence-electron chi connectivity index (χ1n) is 5.11. The quantitative estimate of drug-likeness (QED) is 0.834. The molecule has 0 saturated carbocycles. The predicted molar refractivity (Wildman–Crippen MR) is 59.2 cm³/mol. The van der Waals surface area contributed by atoms with Crippen LogP contribution in [0.1, 0.15) is 12.7 Å². The molecule has 0 spiro atoms. The van der Waals surface area contributed by atoms with E-state index in [0.29, 0.717) is 19.0 Å². The van der Waals surface area contributed by atoms with Crippen LogP contribution >= 0.6 is 0 Å². The zero-order valence-electron chi connectivity index (χ0n) is 9.01. The molecule has 0 aromatic carbocycles. The number of rotatable bonds is 5. The molecule has 2 aromatic heterocycles. The molecule has 2 rings (SSSR count). The fourth-order valence-electron chi connectivity index (χ4n) is 1.30. The van der Waals surface area contributed by atoms with Crippen LogP contribution in [0.5, 0.6) is 5.75 Å². The molecule has 5 nitrogen and oxygen atoms in total. The molecule has 0 aliphatic rings. The van der Waals surface area contributed by atoms with Crippen molar-refractivity contribution in [2.75, 3.05) is 11.9 Å². The minimum atomic E-state index is 0.539. The molecule has 5 heteroatoms. The zero-order valence-corrected chi connectivity index (χ0v) is 9.01. The van der Waals surface area contributed by atoms with Gasteiger partial charge in [0.2, 0.25) is 0 Å². The van der Waals surface area contributed by atoms with Gasteiger partial charge in [0.25, 0.3) is 0 Å². The number of hydrogen-bond acceptors (Lipinski definition) is 5. The molecule has 2 aromatic rings. The molecule has 0 amide bonds. The third-order valence-electron chi connectivity index (χ3n) is 1.99. The molecule has 2 heterocycles. The fourth-order valence-corrected chi connectivity index (χ4v) is 1.30. The Balaban J connectivity index is 2.03. The van der Waals surface area contributed by atoms with Crippen molar-refractivity contribution in [2.24, 2.45) is 0 Å². The van der Waals surface area contributed by atoms with Crippen LogP contribution < -0.4 is 10.1 Å². The van der Waals surface area contributed by atoms with Crippen LogP contribution in [0.4, 0.5) is 5.82 Å². The Kier molecular flexibility index (Phi) is 3.38. The minimum absolute atomic E-state index is 0.539. The van der Waals surface area contributed by atoms with Crippen molar-refractivity contribution < 1.29 is 9.26 Å². The number of aromatic nitrogens is 2. The average Bonchev–Trinajstić information content (AvgIpc) is 2.81. The van der Waals surface area contributed by atoms with E-state index < -0.39 is 0 Å². The Morgan fingerprint density at radius 2 is 2.31 bits per heavy atom. The number of pyridine rings is 1. The summed E-state index contributed by atoms with van der Waals surface area (Å²) in [6.45, 7) is 3.09. The Morgan fingerprint density at radius 3 is 3.06 bits per heavy atom. The first-order valence-corrected chi connectivity index (χ1v) is 5.11. The van der Waals surface area contributed by atoms with Crippen molar-refractivity contribution >= 4 is 5.82 Å². The average molecular weight is 219 g/mol. The van der Waals surface area contributed by atoms with Crippen LogP contribution in [0.15, 0.2) is 35.1 Å². The second-order valence-electron chi connectivity index (χ2n) is 3.12. The van der Waals surface area contributed by atoms with Gasteiger partial charge in [-0.15, -0.1) is 0 Å². The Bertz CT molecular complexity index is 429. The second-order valence-corrected chi connectivity index (χ2v) is 3.12. The highest BCUT2D eigenvalue weighted by Gasteiger charge is 2.04. The summed E-state index contributed by atoms with van der Waals surface area (Å²) >= 11 is 0. The van der Waals surface area contributed by atoms with Gasteiger partial charge in [0.05, 0.1) is 19.3 Å². The Morgan fingerprint density at radius 1 is 1.38 bits per heavy atom. The lowest BCUT2D eigenvalue weighted by atomic mass is 10.4. The molecule has 0 saturated heterocycles. The first-order chi connectivity index (χ1) is 7.90. The monoisotopic (exact) mass is 219 g/mol. The van der Waals surface area contributed by atoms with Crippen LogP contribution in [-0.4, -0.2) is 16.7 Å². The first kappa shape index (κ1) is 10.5. The van der Waals surface area contributed by atoms with Gasteiger partial charge in [0.15, 0.2) is 17.3 Å². The smallest absolute Gasteiger partial charge is 0.169 e. The summed E-state index contributed by atoms with van der Waals surface area (Å²) in [7, 11) is 0. The summed E-state index contributed by atoms with van der Waals surface area (Å²) in [4.78, 5) is 4.20. The second kappa shape index (κ2) is 5.16. The van der Waals surface area contributed by atoms with Crippen LogP contribution in [0.3, 0.4) is 0 Å². The van der Waals surface area contributed by atoms with E-state index in [9.17, 15) is 0 Å². The van der Waals surface area contributed by atoms with Crippen LogP contribution in [0, 0.1) is 0 Å². The molecular formula is C11H13N3O2. The van der Waals surface area contributed by atoms with Crippen molar-refractivity contribution in [3.05, 3.63) is 36.4 Å². The van der Waals surface area contributed by atoms with Gasteiger partial charge in [0.1, 0.15) is 0 Å². The highest BCUT2D eigenvalue weighted by atomic mass is 16.5. The molecule has 84 valence electrons. The lowest BCUT2D eigenvalue weighted by Gasteiger charge is -2.09. The van der Waals surface area contributed by atoms with E-state index >= 15 is 0 Å². The van der Waals surface area contributed by atoms with E-state index in [4.69, 9.17) is 9.26 Å². The molecule has 0 aliphatic heterocycles. The van der Waals surface area contributed by atoms with Crippen molar-refractivity contribution in [1.29, 1.82) is 0 Å². The van der Waals surface area contributed by atoms with Gasteiger partial charge in [-0.3, -0.25) is 0 Å². The Labute approximate surface area is 93.4 Å². The number of ether oxygens (including phenoxy) is 1. The summed E-state index contributed by atoms with van der Waals surface area (Å²) in [6.07, 6.45) is 3.32. The maximum absolute atomic E-state index is 5.44. The minimum Gasteiger partial charge on any atom is -0.490 e. The van der Waals surface area contributed by atoms with Gasteiger partial charge in [0, 0.05) is 12.3 Å². The van der Waals surface area contributed by atoms with Gasteiger partial charge in [-0.25, -0.2) is 4.98 Å². The van der Waals surface area contributed by atoms with Crippen LogP contribution in [-0.2, 0) is 6.54 Å². The van der Waals surface area contributed by atoms with Gasteiger partial charge in [-0.1, -0.05) is 5.16 Å². The summed E-state index contributed by atoms with van der Waals surface area (Å²) in [5.74, 6) is 2.21. The summed E-state index contributed by atoms with van der Waals surface area (Å²) in [5, 5.41) is 6.76. The van der Waals surface area contributed by atoms with E-state index in [-0.39, 0.29) is 0 Å². The molecule has 0 bridgehead atoms. The normalized spacial score (nSPS) is 10.1. The predicted octanol–water partition coefficient (Wildman–Crippen LogP) is 2.08. The maximum Gasteiger partial charge on any atom is 0.169 e. The lowest BCUT2D eigenvalue weighted by Crippen LogP contribution is -2.03. The number of anilines is 1. The topological polar surface area (TPSA) is 60.2 Å². The highest BCUT2D eigenvalue weighted by molar-refractivity contribution is 5.49. The summed E-state index contributed by atoms with van der Waals surface area (Å²) in [5.41, 5.74) is 0. The maximum atomic E-state index is 5.44. The van der Waals surface area contributed by atoms with Crippen molar-refractivity contribution in [1.82, 2.24) is 10.1 Å². The third-order valence-corrected chi connectivity index (χ3v) is 1.99. The molecule has 0 aliphatic carbocycles. The van der Waals surface area contributed by atoms with Crippen molar-refractivity contribution in [3.8, 4) is 5.75 Å². The SMILES string of the molecule is CCOc1cccnc1NCc1ccno1. The van der Waals surface area contributed by atoms with Crippen LogP contribution in [0.25, 0.3) is 0 Å². The molecule has 0 fully saturated rings. The zero-order chi connectivity index (χ0) is 11.2. The lowest BCUT2D eigenvalue weighted by molar-refractivity contribution is 0.340. The molecule has 0 atom stereocenters. The largest absolute Gasteiger partial charge is 0.490 e. The van der Waals surface area contributed by atoms with E-state index in [2.05, 4.69) is 15.5 Å². The Hall–Kier alpha value is -2.04. The van der Waals surface area contributed by atoms with Gasteiger partial charge >= 0.3 is 0 Å². The number of hydrogen-bond donors (Lipinski definition) is 1.